The Morgan fingerprint density at radius 1 is 1.07 bits per heavy atom. The zero-order chi connectivity index (χ0) is 19.8. The van der Waals surface area contributed by atoms with Crippen LogP contribution in [0.25, 0.3) is 10.2 Å². The van der Waals surface area contributed by atoms with Crippen LogP contribution in [0.15, 0.2) is 48.5 Å². The van der Waals surface area contributed by atoms with Gasteiger partial charge in [-0.05, 0) is 49.1 Å². The SMILES string of the molecule is O=C1CCCN1Cc1ccc(C(=O)N2CCCC2c2nc3ccccc3s2)cc1. The Hall–Kier alpha value is -2.73. The van der Waals surface area contributed by atoms with E-state index in [1.165, 1.54) is 4.70 Å². The summed E-state index contributed by atoms with van der Waals surface area (Å²) in [5.74, 6) is 0.288. The average molecular weight is 406 g/mol. The number of amides is 2. The van der Waals surface area contributed by atoms with E-state index in [2.05, 4.69) is 6.07 Å². The molecule has 2 fully saturated rings. The molecule has 1 atom stereocenters. The molecule has 0 spiro atoms. The van der Waals surface area contributed by atoms with Gasteiger partial charge in [-0.2, -0.15) is 0 Å². The first kappa shape index (κ1) is 18.3. The van der Waals surface area contributed by atoms with Gasteiger partial charge in [0.05, 0.1) is 16.3 Å². The fraction of sp³-hybridized carbons (Fsp3) is 0.348. The normalized spacial score (nSPS) is 19.4. The smallest absolute Gasteiger partial charge is 0.254 e. The van der Waals surface area contributed by atoms with Gasteiger partial charge in [0.15, 0.2) is 0 Å². The van der Waals surface area contributed by atoms with Crippen molar-refractivity contribution >= 4 is 33.4 Å². The molecule has 0 aliphatic carbocycles. The lowest BCUT2D eigenvalue weighted by atomic mass is 10.1. The number of thiazole rings is 1. The quantitative estimate of drug-likeness (QED) is 0.647. The van der Waals surface area contributed by atoms with Crippen LogP contribution in [-0.2, 0) is 11.3 Å². The molecule has 6 heteroatoms. The van der Waals surface area contributed by atoms with Crippen molar-refractivity contribution in [2.75, 3.05) is 13.1 Å². The van der Waals surface area contributed by atoms with Crippen LogP contribution in [0.2, 0.25) is 0 Å². The minimum absolute atomic E-state index is 0.0572. The van der Waals surface area contributed by atoms with E-state index in [0.717, 1.165) is 48.4 Å². The zero-order valence-electron chi connectivity index (χ0n) is 16.2. The molecule has 0 radical (unpaired) electrons. The third kappa shape index (κ3) is 3.53. The average Bonchev–Trinajstić information content (AvgIpc) is 3.47. The van der Waals surface area contributed by atoms with Crippen LogP contribution < -0.4 is 0 Å². The summed E-state index contributed by atoms with van der Waals surface area (Å²) < 4.78 is 1.17. The van der Waals surface area contributed by atoms with Gasteiger partial charge in [0.1, 0.15) is 5.01 Å². The summed E-state index contributed by atoms with van der Waals surface area (Å²) in [6.07, 6.45) is 3.55. The molecule has 2 aliphatic rings. The van der Waals surface area contributed by atoms with Crippen molar-refractivity contribution in [2.45, 2.75) is 38.3 Å². The first-order chi connectivity index (χ1) is 14.2. The number of rotatable bonds is 4. The Labute approximate surface area is 174 Å². The second-order valence-electron chi connectivity index (χ2n) is 7.79. The predicted molar refractivity (Wildman–Crippen MR) is 114 cm³/mol. The molecule has 3 aromatic rings. The molecule has 5 nitrogen and oxygen atoms in total. The number of likely N-dealkylation sites (tertiary alicyclic amines) is 2. The van der Waals surface area contributed by atoms with E-state index in [1.54, 1.807) is 11.3 Å². The van der Waals surface area contributed by atoms with Crippen molar-refractivity contribution < 1.29 is 9.59 Å². The molecular formula is C23H23N3O2S. The maximum Gasteiger partial charge on any atom is 0.254 e. The van der Waals surface area contributed by atoms with Crippen molar-refractivity contribution in [3.63, 3.8) is 0 Å². The monoisotopic (exact) mass is 405 g/mol. The van der Waals surface area contributed by atoms with Gasteiger partial charge in [0.2, 0.25) is 5.91 Å². The first-order valence-electron chi connectivity index (χ1n) is 10.2. The molecule has 1 aromatic heterocycles. The van der Waals surface area contributed by atoms with Crippen LogP contribution in [-0.4, -0.2) is 39.7 Å². The highest BCUT2D eigenvalue weighted by atomic mass is 32.1. The molecule has 5 rings (SSSR count). The van der Waals surface area contributed by atoms with E-state index in [1.807, 2.05) is 52.3 Å². The summed E-state index contributed by atoms with van der Waals surface area (Å²) >= 11 is 1.69. The second-order valence-corrected chi connectivity index (χ2v) is 8.85. The molecule has 148 valence electrons. The number of aromatic nitrogens is 1. The van der Waals surface area contributed by atoms with Crippen LogP contribution >= 0.6 is 11.3 Å². The van der Waals surface area contributed by atoms with E-state index in [4.69, 9.17) is 4.98 Å². The summed E-state index contributed by atoms with van der Waals surface area (Å²) in [6.45, 7) is 2.23. The lowest BCUT2D eigenvalue weighted by molar-refractivity contribution is -0.128. The molecule has 1 unspecified atom stereocenters. The number of hydrogen-bond donors (Lipinski definition) is 0. The van der Waals surface area contributed by atoms with Crippen molar-refractivity contribution in [3.8, 4) is 0 Å². The summed E-state index contributed by atoms with van der Waals surface area (Å²) in [5, 5.41) is 1.03. The van der Waals surface area contributed by atoms with Crippen molar-refractivity contribution in [1.29, 1.82) is 0 Å². The standard InChI is InChI=1S/C23H23N3O2S/c27-21-8-4-13-25(21)15-16-9-11-17(12-10-16)23(28)26-14-3-6-19(26)22-24-18-5-1-2-7-20(18)29-22/h1-2,5,7,9-12,19H,3-4,6,8,13-15H2. The first-order valence-corrected chi connectivity index (χ1v) is 11.0. The molecule has 0 bridgehead atoms. The summed E-state index contributed by atoms with van der Waals surface area (Å²) in [5.41, 5.74) is 2.78. The van der Waals surface area contributed by atoms with E-state index in [0.29, 0.717) is 18.5 Å². The van der Waals surface area contributed by atoms with Gasteiger partial charge < -0.3 is 9.80 Å². The molecule has 0 saturated carbocycles. The largest absolute Gasteiger partial charge is 0.338 e. The zero-order valence-corrected chi connectivity index (χ0v) is 17.0. The third-order valence-corrected chi connectivity index (χ3v) is 6.99. The van der Waals surface area contributed by atoms with Crippen LogP contribution in [0.5, 0.6) is 0 Å². The highest BCUT2D eigenvalue weighted by molar-refractivity contribution is 7.18. The Morgan fingerprint density at radius 3 is 2.66 bits per heavy atom. The number of para-hydroxylation sites is 1. The lowest BCUT2D eigenvalue weighted by Gasteiger charge is -2.23. The fourth-order valence-electron chi connectivity index (χ4n) is 4.31. The van der Waals surface area contributed by atoms with E-state index in [-0.39, 0.29) is 17.9 Å². The number of carbonyl (C=O) groups excluding carboxylic acids is 2. The van der Waals surface area contributed by atoms with E-state index < -0.39 is 0 Å². The van der Waals surface area contributed by atoms with Crippen molar-refractivity contribution in [2.24, 2.45) is 0 Å². The Morgan fingerprint density at radius 2 is 1.90 bits per heavy atom. The molecular weight excluding hydrogens is 382 g/mol. The Bertz CT molecular complexity index is 1030. The topological polar surface area (TPSA) is 53.5 Å². The van der Waals surface area contributed by atoms with Crippen LogP contribution in [0.4, 0.5) is 0 Å². The summed E-state index contributed by atoms with van der Waals surface area (Å²) in [7, 11) is 0. The van der Waals surface area contributed by atoms with E-state index in [9.17, 15) is 9.59 Å². The predicted octanol–water partition coefficient (Wildman–Crippen LogP) is 4.40. The lowest BCUT2D eigenvalue weighted by Crippen LogP contribution is -2.30. The van der Waals surface area contributed by atoms with Gasteiger partial charge in [-0.15, -0.1) is 11.3 Å². The summed E-state index contributed by atoms with van der Waals surface area (Å²) in [6, 6.07) is 15.9. The maximum absolute atomic E-state index is 13.2. The Balaban J connectivity index is 1.33. The molecule has 2 amide bonds. The fourth-order valence-corrected chi connectivity index (χ4v) is 5.42. The number of nitrogens with zero attached hydrogens (tertiary/aromatic N) is 3. The van der Waals surface area contributed by atoms with Gasteiger partial charge in [-0.3, -0.25) is 9.59 Å². The highest BCUT2D eigenvalue weighted by Crippen LogP contribution is 2.37. The van der Waals surface area contributed by atoms with E-state index >= 15 is 0 Å². The van der Waals surface area contributed by atoms with Gasteiger partial charge in [-0.25, -0.2) is 4.98 Å². The maximum atomic E-state index is 13.2. The van der Waals surface area contributed by atoms with Crippen LogP contribution in [0.1, 0.15) is 52.7 Å². The van der Waals surface area contributed by atoms with Crippen LogP contribution in [0, 0.1) is 0 Å². The molecule has 2 saturated heterocycles. The number of carbonyl (C=O) groups is 2. The van der Waals surface area contributed by atoms with Crippen LogP contribution in [0.3, 0.4) is 0 Å². The third-order valence-electron chi connectivity index (χ3n) is 5.85. The second kappa shape index (κ2) is 7.59. The van der Waals surface area contributed by atoms with Gasteiger partial charge in [0, 0.05) is 31.6 Å². The highest BCUT2D eigenvalue weighted by Gasteiger charge is 2.32. The van der Waals surface area contributed by atoms with Gasteiger partial charge >= 0.3 is 0 Å². The molecule has 2 aliphatic heterocycles. The summed E-state index contributed by atoms with van der Waals surface area (Å²) in [4.78, 5) is 33.7. The molecule has 3 heterocycles. The number of fused-ring (bicyclic) bond motifs is 1. The molecule has 29 heavy (non-hydrogen) atoms. The number of hydrogen-bond acceptors (Lipinski definition) is 4. The van der Waals surface area contributed by atoms with Gasteiger partial charge in [-0.1, -0.05) is 24.3 Å². The van der Waals surface area contributed by atoms with Gasteiger partial charge in [0.25, 0.3) is 5.91 Å². The minimum atomic E-state index is 0.0572. The minimum Gasteiger partial charge on any atom is -0.338 e. The number of benzene rings is 2. The van der Waals surface area contributed by atoms with Crippen molar-refractivity contribution in [1.82, 2.24) is 14.8 Å². The molecule has 2 aromatic carbocycles. The van der Waals surface area contributed by atoms with Crippen molar-refractivity contribution in [3.05, 3.63) is 64.7 Å². The molecule has 0 N–H and O–H groups in total. The Kier molecular flexibility index (Phi) is 4.79.